The normalized spacial score (nSPS) is 15.7. The molecule has 1 saturated carbocycles. The van der Waals surface area contributed by atoms with Gasteiger partial charge in [-0.15, -0.1) is 0 Å². The number of benzene rings is 2. The maximum Gasteiger partial charge on any atom is 0.235 e. The molecule has 0 heterocycles. The van der Waals surface area contributed by atoms with E-state index in [9.17, 15) is 9.18 Å². The summed E-state index contributed by atoms with van der Waals surface area (Å²) in [7, 11) is 0. The van der Waals surface area contributed by atoms with Crippen molar-refractivity contribution in [3.8, 4) is 0 Å². The van der Waals surface area contributed by atoms with E-state index in [1.165, 1.54) is 12.1 Å². The highest BCUT2D eigenvalue weighted by Crippen LogP contribution is 2.51. The molecule has 1 fully saturated rings. The molecule has 2 nitrogen and oxygen atoms in total. The first-order valence-corrected chi connectivity index (χ1v) is 6.82. The van der Waals surface area contributed by atoms with Crippen LogP contribution in [0.15, 0.2) is 48.5 Å². The van der Waals surface area contributed by atoms with Crippen LogP contribution < -0.4 is 5.32 Å². The van der Waals surface area contributed by atoms with Crippen molar-refractivity contribution in [1.29, 1.82) is 0 Å². The lowest BCUT2D eigenvalue weighted by atomic mass is 9.95. The summed E-state index contributed by atoms with van der Waals surface area (Å²) in [5.74, 6) is -0.499. The SMILES string of the molecule is O=C(Nc1cccc(F)c1)C1(c2ccccc2Cl)CC1. The zero-order valence-electron chi connectivity index (χ0n) is 10.7. The second-order valence-electron chi connectivity index (χ2n) is 5.03. The molecule has 0 radical (unpaired) electrons. The van der Waals surface area contributed by atoms with Gasteiger partial charge in [0.1, 0.15) is 5.82 Å². The Labute approximate surface area is 121 Å². The quantitative estimate of drug-likeness (QED) is 0.903. The summed E-state index contributed by atoms with van der Waals surface area (Å²) in [6.45, 7) is 0. The van der Waals surface area contributed by atoms with Gasteiger partial charge in [0.05, 0.1) is 5.41 Å². The van der Waals surface area contributed by atoms with Crippen LogP contribution in [-0.2, 0) is 10.2 Å². The molecule has 2 aromatic carbocycles. The van der Waals surface area contributed by atoms with Crippen LogP contribution in [-0.4, -0.2) is 5.91 Å². The molecule has 0 saturated heterocycles. The fourth-order valence-electron chi connectivity index (χ4n) is 2.41. The highest BCUT2D eigenvalue weighted by atomic mass is 35.5. The van der Waals surface area contributed by atoms with Gasteiger partial charge in [0.25, 0.3) is 0 Å². The predicted octanol–water partition coefficient (Wildman–Crippen LogP) is 4.15. The number of carbonyl (C=O) groups is 1. The Morgan fingerprint density at radius 3 is 2.55 bits per heavy atom. The number of anilines is 1. The molecular weight excluding hydrogens is 277 g/mol. The lowest BCUT2D eigenvalue weighted by Crippen LogP contribution is -2.28. The molecule has 20 heavy (non-hydrogen) atoms. The Bertz CT molecular complexity index is 667. The van der Waals surface area contributed by atoms with E-state index in [2.05, 4.69) is 5.32 Å². The van der Waals surface area contributed by atoms with Crippen LogP contribution in [0.3, 0.4) is 0 Å². The van der Waals surface area contributed by atoms with Crippen molar-refractivity contribution in [2.75, 3.05) is 5.32 Å². The summed E-state index contributed by atoms with van der Waals surface area (Å²) in [4.78, 5) is 12.5. The molecule has 4 heteroatoms. The fraction of sp³-hybridized carbons (Fsp3) is 0.188. The molecule has 1 aliphatic rings. The zero-order chi connectivity index (χ0) is 14.2. The summed E-state index contributed by atoms with van der Waals surface area (Å²) >= 11 is 6.18. The fourth-order valence-corrected chi connectivity index (χ4v) is 2.73. The Kier molecular flexibility index (Phi) is 3.22. The van der Waals surface area contributed by atoms with Crippen molar-refractivity contribution < 1.29 is 9.18 Å². The van der Waals surface area contributed by atoms with Crippen molar-refractivity contribution in [3.63, 3.8) is 0 Å². The number of rotatable bonds is 3. The van der Waals surface area contributed by atoms with Gasteiger partial charge in [-0.2, -0.15) is 0 Å². The molecule has 0 bridgehead atoms. The van der Waals surface area contributed by atoms with E-state index in [0.717, 1.165) is 18.4 Å². The van der Waals surface area contributed by atoms with Crippen molar-refractivity contribution in [2.45, 2.75) is 18.3 Å². The first kappa shape index (κ1) is 13.1. The third-order valence-corrected chi connectivity index (χ3v) is 3.99. The van der Waals surface area contributed by atoms with Gasteiger partial charge in [0.2, 0.25) is 5.91 Å². The van der Waals surface area contributed by atoms with Crippen molar-refractivity contribution in [1.82, 2.24) is 0 Å². The molecule has 0 aliphatic heterocycles. The van der Waals surface area contributed by atoms with E-state index in [1.54, 1.807) is 18.2 Å². The standard InChI is InChI=1S/C16H13ClFNO/c17-14-7-2-1-6-13(14)16(8-9-16)15(20)19-12-5-3-4-11(18)10-12/h1-7,10H,8-9H2,(H,19,20). The summed E-state index contributed by atoms with van der Waals surface area (Å²) in [6.07, 6.45) is 1.52. The molecular formula is C16H13ClFNO. The van der Waals surface area contributed by atoms with Crippen molar-refractivity contribution >= 4 is 23.2 Å². The summed E-state index contributed by atoms with van der Waals surface area (Å²) in [6, 6.07) is 13.3. The maximum absolute atomic E-state index is 13.1. The van der Waals surface area contributed by atoms with Crippen molar-refractivity contribution in [2.24, 2.45) is 0 Å². The molecule has 102 valence electrons. The molecule has 3 rings (SSSR count). The van der Waals surface area contributed by atoms with E-state index >= 15 is 0 Å². The van der Waals surface area contributed by atoms with E-state index in [-0.39, 0.29) is 11.7 Å². The summed E-state index contributed by atoms with van der Waals surface area (Å²) in [5, 5.41) is 3.37. The van der Waals surface area contributed by atoms with Gasteiger partial charge in [-0.25, -0.2) is 4.39 Å². The van der Waals surface area contributed by atoms with E-state index in [4.69, 9.17) is 11.6 Å². The molecule has 0 atom stereocenters. The molecule has 0 aromatic heterocycles. The highest BCUT2D eigenvalue weighted by Gasteiger charge is 2.52. The minimum absolute atomic E-state index is 0.129. The minimum Gasteiger partial charge on any atom is -0.325 e. The molecule has 2 aromatic rings. The van der Waals surface area contributed by atoms with Crippen LogP contribution in [0.25, 0.3) is 0 Å². The third-order valence-electron chi connectivity index (χ3n) is 3.66. The topological polar surface area (TPSA) is 29.1 Å². The number of hydrogen-bond donors (Lipinski definition) is 1. The van der Waals surface area contributed by atoms with Gasteiger partial charge in [0, 0.05) is 10.7 Å². The van der Waals surface area contributed by atoms with Crippen LogP contribution in [0, 0.1) is 5.82 Å². The molecule has 0 spiro atoms. The van der Waals surface area contributed by atoms with Gasteiger partial charge in [0.15, 0.2) is 0 Å². The van der Waals surface area contributed by atoms with E-state index < -0.39 is 5.41 Å². The number of hydrogen-bond acceptors (Lipinski definition) is 1. The number of amides is 1. The van der Waals surface area contributed by atoms with Gasteiger partial charge >= 0.3 is 0 Å². The Balaban J connectivity index is 1.86. The monoisotopic (exact) mass is 289 g/mol. The van der Waals surface area contributed by atoms with Crippen LogP contribution in [0.1, 0.15) is 18.4 Å². The van der Waals surface area contributed by atoms with Gasteiger partial charge in [-0.3, -0.25) is 4.79 Å². The molecule has 0 unspecified atom stereocenters. The molecule has 1 N–H and O–H groups in total. The summed E-state index contributed by atoms with van der Waals surface area (Å²) < 4.78 is 13.1. The zero-order valence-corrected chi connectivity index (χ0v) is 11.5. The first-order valence-electron chi connectivity index (χ1n) is 6.44. The van der Waals surface area contributed by atoms with Gasteiger partial charge in [-0.1, -0.05) is 35.9 Å². The average molecular weight is 290 g/mol. The average Bonchev–Trinajstić information content (AvgIpc) is 3.21. The maximum atomic E-state index is 13.1. The lowest BCUT2D eigenvalue weighted by molar-refractivity contribution is -0.118. The van der Waals surface area contributed by atoms with Gasteiger partial charge in [-0.05, 0) is 42.7 Å². The Morgan fingerprint density at radius 2 is 1.90 bits per heavy atom. The van der Waals surface area contributed by atoms with Crippen LogP contribution >= 0.6 is 11.6 Å². The number of halogens is 2. The third kappa shape index (κ3) is 2.29. The molecule has 1 aliphatic carbocycles. The first-order chi connectivity index (χ1) is 9.62. The smallest absolute Gasteiger partial charge is 0.235 e. The molecule has 1 amide bonds. The lowest BCUT2D eigenvalue weighted by Gasteiger charge is -2.17. The Hall–Kier alpha value is -1.87. The highest BCUT2D eigenvalue weighted by molar-refractivity contribution is 6.32. The van der Waals surface area contributed by atoms with Crippen molar-refractivity contribution in [3.05, 3.63) is 64.9 Å². The second kappa shape index (κ2) is 4.91. The Morgan fingerprint density at radius 1 is 1.15 bits per heavy atom. The predicted molar refractivity (Wildman–Crippen MR) is 77.4 cm³/mol. The van der Waals surface area contributed by atoms with Crippen LogP contribution in [0.2, 0.25) is 5.02 Å². The van der Waals surface area contributed by atoms with Crippen LogP contribution in [0.4, 0.5) is 10.1 Å². The summed E-state index contributed by atoms with van der Waals surface area (Å²) in [5.41, 5.74) is 0.744. The van der Waals surface area contributed by atoms with E-state index in [0.29, 0.717) is 10.7 Å². The number of nitrogens with one attached hydrogen (secondary N) is 1. The minimum atomic E-state index is -0.565. The second-order valence-corrected chi connectivity index (χ2v) is 5.43. The van der Waals surface area contributed by atoms with Gasteiger partial charge < -0.3 is 5.32 Å². The number of carbonyl (C=O) groups excluding carboxylic acids is 1. The van der Waals surface area contributed by atoms with Crippen LogP contribution in [0.5, 0.6) is 0 Å². The largest absolute Gasteiger partial charge is 0.325 e. The van der Waals surface area contributed by atoms with E-state index in [1.807, 2.05) is 18.2 Å².